The lowest BCUT2D eigenvalue weighted by molar-refractivity contribution is -0.385. The van der Waals surface area contributed by atoms with Crippen molar-refractivity contribution >= 4 is 11.4 Å². The van der Waals surface area contributed by atoms with Gasteiger partial charge in [-0.3, -0.25) is 10.1 Å². The first kappa shape index (κ1) is 14.8. The monoisotopic (exact) mass is 291 g/mol. The summed E-state index contributed by atoms with van der Waals surface area (Å²) >= 11 is 0. The Morgan fingerprint density at radius 2 is 2.24 bits per heavy atom. The van der Waals surface area contributed by atoms with Crippen molar-refractivity contribution in [3.05, 3.63) is 40.5 Å². The van der Waals surface area contributed by atoms with Crippen molar-refractivity contribution in [1.29, 1.82) is 0 Å². The Balaban J connectivity index is 2.13. The van der Waals surface area contributed by atoms with Crippen LogP contribution < -0.4 is 10.1 Å². The molecule has 2 aromatic rings. The van der Waals surface area contributed by atoms with E-state index in [0.717, 1.165) is 18.1 Å². The molecule has 0 atom stereocenters. The molecule has 0 amide bonds. The highest BCUT2D eigenvalue weighted by Gasteiger charge is 2.15. The Bertz CT molecular complexity index is 626. The van der Waals surface area contributed by atoms with Crippen LogP contribution >= 0.6 is 0 Å². The molecule has 21 heavy (non-hydrogen) atoms. The highest BCUT2D eigenvalue weighted by Crippen LogP contribution is 2.30. The van der Waals surface area contributed by atoms with Crippen LogP contribution in [0.4, 0.5) is 11.4 Å². The summed E-state index contributed by atoms with van der Waals surface area (Å²) in [6.07, 6.45) is 1.67. The van der Waals surface area contributed by atoms with E-state index in [4.69, 9.17) is 4.74 Å². The SMILES string of the molecule is CCOc1cc(NCc2nncn2CC)ccc1[N+](=O)[O-]. The molecule has 0 fully saturated rings. The van der Waals surface area contributed by atoms with E-state index in [1.165, 1.54) is 6.07 Å². The van der Waals surface area contributed by atoms with Gasteiger partial charge in [-0.25, -0.2) is 0 Å². The Morgan fingerprint density at radius 1 is 1.43 bits per heavy atom. The minimum absolute atomic E-state index is 0.0425. The maximum atomic E-state index is 10.9. The lowest BCUT2D eigenvalue weighted by atomic mass is 10.2. The largest absolute Gasteiger partial charge is 0.487 e. The summed E-state index contributed by atoms with van der Waals surface area (Å²) in [7, 11) is 0. The van der Waals surface area contributed by atoms with Gasteiger partial charge in [-0.2, -0.15) is 0 Å². The third kappa shape index (κ3) is 3.47. The van der Waals surface area contributed by atoms with Crippen molar-refractivity contribution in [1.82, 2.24) is 14.8 Å². The zero-order valence-electron chi connectivity index (χ0n) is 11.9. The topological polar surface area (TPSA) is 95.1 Å². The first-order valence-electron chi connectivity index (χ1n) is 6.67. The molecule has 0 saturated heterocycles. The number of hydrogen-bond acceptors (Lipinski definition) is 6. The number of nitrogens with one attached hydrogen (secondary N) is 1. The summed E-state index contributed by atoms with van der Waals surface area (Å²) in [5, 5.41) is 21.9. The zero-order valence-corrected chi connectivity index (χ0v) is 11.9. The normalized spacial score (nSPS) is 10.4. The number of aromatic nitrogens is 3. The number of anilines is 1. The molecular formula is C13H17N5O3. The Morgan fingerprint density at radius 3 is 2.90 bits per heavy atom. The molecule has 8 heteroatoms. The average Bonchev–Trinajstić information content (AvgIpc) is 2.93. The fraction of sp³-hybridized carbons (Fsp3) is 0.385. The Hall–Kier alpha value is -2.64. The summed E-state index contributed by atoms with van der Waals surface area (Å²) in [6.45, 7) is 5.43. The lowest BCUT2D eigenvalue weighted by Crippen LogP contribution is -2.08. The molecule has 0 unspecified atom stereocenters. The van der Waals surface area contributed by atoms with Gasteiger partial charge in [0.05, 0.1) is 18.1 Å². The quantitative estimate of drug-likeness (QED) is 0.620. The number of ether oxygens (including phenoxy) is 1. The van der Waals surface area contributed by atoms with Crippen LogP contribution in [0.2, 0.25) is 0 Å². The second-order valence-corrected chi connectivity index (χ2v) is 4.26. The number of benzene rings is 1. The van der Waals surface area contributed by atoms with Gasteiger partial charge in [0, 0.05) is 24.4 Å². The lowest BCUT2D eigenvalue weighted by Gasteiger charge is -2.09. The first-order chi connectivity index (χ1) is 10.2. The first-order valence-corrected chi connectivity index (χ1v) is 6.67. The van der Waals surface area contributed by atoms with E-state index in [-0.39, 0.29) is 11.4 Å². The van der Waals surface area contributed by atoms with E-state index in [0.29, 0.717) is 13.2 Å². The summed E-state index contributed by atoms with van der Waals surface area (Å²) in [5.41, 5.74) is 0.689. The number of aryl methyl sites for hydroxylation is 1. The maximum Gasteiger partial charge on any atom is 0.311 e. The number of nitro groups is 1. The molecule has 1 N–H and O–H groups in total. The van der Waals surface area contributed by atoms with Crippen molar-refractivity contribution in [3.8, 4) is 5.75 Å². The average molecular weight is 291 g/mol. The van der Waals surface area contributed by atoms with Crippen molar-refractivity contribution < 1.29 is 9.66 Å². The molecule has 1 heterocycles. The zero-order chi connectivity index (χ0) is 15.2. The standard InChI is InChI=1S/C13H17N5O3/c1-3-17-9-15-16-13(17)8-14-10-5-6-11(18(19)20)12(7-10)21-4-2/h5-7,9,14H,3-4,8H2,1-2H3. The molecule has 1 aromatic carbocycles. The minimum atomic E-state index is -0.456. The fourth-order valence-electron chi connectivity index (χ4n) is 1.91. The number of rotatable bonds is 7. The molecular weight excluding hydrogens is 274 g/mol. The summed E-state index contributed by atoms with van der Waals surface area (Å²) in [5.74, 6) is 1.05. The highest BCUT2D eigenvalue weighted by atomic mass is 16.6. The van der Waals surface area contributed by atoms with E-state index >= 15 is 0 Å². The van der Waals surface area contributed by atoms with Crippen molar-refractivity contribution in [2.24, 2.45) is 0 Å². The molecule has 0 radical (unpaired) electrons. The second-order valence-electron chi connectivity index (χ2n) is 4.26. The van der Waals surface area contributed by atoms with Gasteiger partial charge in [-0.1, -0.05) is 0 Å². The third-order valence-electron chi connectivity index (χ3n) is 2.94. The van der Waals surface area contributed by atoms with Crippen LogP contribution in [-0.2, 0) is 13.1 Å². The molecule has 0 saturated carbocycles. The second kappa shape index (κ2) is 6.69. The van der Waals surface area contributed by atoms with Crippen molar-refractivity contribution in [2.75, 3.05) is 11.9 Å². The summed E-state index contributed by atoms with van der Waals surface area (Å²) in [6, 6.07) is 4.69. The van der Waals surface area contributed by atoms with Gasteiger partial charge in [0.15, 0.2) is 11.6 Å². The molecule has 0 spiro atoms. The molecule has 0 aliphatic heterocycles. The summed E-state index contributed by atoms with van der Waals surface area (Å²) < 4.78 is 7.22. The minimum Gasteiger partial charge on any atom is -0.487 e. The van der Waals surface area contributed by atoms with E-state index in [9.17, 15) is 10.1 Å². The molecule has 0 aliphatic carbocycles. The maximum absolute atomic E-state index is 10.9. The van der Waals surface area contributed by atoms with Crippen LogP contribution in [0, 0.1) is 10.1 Å². The van der Waals surface area contributed by atoms with Gasteiger partial charge >= 0.3 is 5.69 Å². The van der Waals surface area contributed by atoms with E-state index in [1.807, 2.05) is 11.5 Å². The number of hydrogen-bond donors (Lipinski definition) is 1. The van der Waals surface area contributed by atoms with Gasteiger partial charge < -0.3 is 14.6 Å². The van der Waals surface area contributed by atoms with E-state index < -0.39 is 4.92 Å². The molecule has 0 bridgehead atoms. The predicted molar refractivity (Wildman–Crippen MR) is 77.3 cm³/mol. The van der Waals surface area contributed by atoms with E-state index in [2.05, 4.69) is 15.5 Å². The van der Waals surface area contributed by atoms with Crippen molar-refractivity contribution in [3.63, 3.8) is 0 Å². The van der Waals surface area contributed by atoms with E-state index in [1.54, 1.807) is 25.4 Å². The molecule has 8 nitrogen and oxygen atoms in total. The van der Waals surface area contributed by atoms with Crippen LogP contribution in [0.1, 0.15) is 19.7 Å². The molecule has 0 aliphatic rings. The summed E-state index contributed by atoms with van der Waals surface area (Å²) in [4.78, 5) is 10.5. The smallest absolute Gasteiger partial charge is 0.311 e. The Kier molecular flexibility index (Phi) is 4.70. The number of nitrogens with zero attached hydrogens (tertiary/aromatic N) is 4. The third-order valence-corrected chi connectivity index (χ3v) is 2.94. The van der Waals surface area contributed by atoms with Gasteiger partial charge in [0.1, 0.15) is 6.33 Å². The number of nitro benzene ring substituents is 1. The van der Waals surface area contributed by atoms with Crippen LogP contribution in [-0.4, -0.2) is 26.3 Å². The van der Waals surface area contributed by atoms with Gasteiger partial charge in [0.25, 0.3) is 0 Å². The molecule has 2 rings (SSSR count). The van der Waals surface area contributed by atoms with Gasteiger partial charge in [-0.05, 0) is 19.9 Å². The molecule has 1 aromatic heterocycles. The van der Waals surface area contributed by atoms with Crippen LogP contribution in [0.5, 0.6) is 5.75 Å². The van der Waals surface area contributed by atoms with Crippen LogP contribution in [0.15, 0.2) is 24.5 Å². The van der Waals surface area contributed by atoms with Gasteiger partial charge in [-0.15, -0.1) is 10.2 Å². The Labute approximate surface area is 121 Å². The highest BCUT2D eigenvalue weighted by molar-refractivity contribution is 5.58. The van der Waals surface area contributed by atoms with Crippen LogP contribution in [0.3, 0.4) is 0 Å². The fourth-order valence-corrected chi connectivity index (χ4v) is 1.91. The predicted octanol–water partition coefficient (Wildman–Crippen LogP) is 2.22. The van der Waals surface area contributed by atoms with Crippen molar-refractivity contribution in [2.45, 2.75) is 26.9 Å². The van der Waals surface area contributed by atoms with Crippen LogP contribution in [0.25, 0.3) is 0 Å². The van der Waals surface area contributed by atoms with Gasteiger partial charge in [0.2, 0.25) is 0 Å². The molecule has 112 valence electrons.